The van der Waals surface area contributed by atoms with Crippen LogP contribution in [0.5, 0.6) is 5.75 Å². The van der Waals surface area contributed by atoms with Gasteiger partial charge in [-0.05, 0) is 29.1 Å². The van der Waals surface area contributed by atoms with Crippen molar-refractivity contribution in [2.24, 2.45) is 0 Å². The summed E-state index contributed by atoms with van der Waals surface area (Å²) >= 11 is 3.62. The Kier molecular flexibility index (Phi) is 4.31. The van der Waals surface area contributed by atoms with E-state index in [0.29, 0.717) is 0 Å². The quantitative estimate of drug-likeness (QED) is 0.501. The van der Waals surface area contributed by atoms with E-state index in [1.807, 2.05) is 54.6 Å². The maximum Gasteiger partial charge on any atom is 0.220 e. The van der Waals surface area contributed by atoms with Gasteiger partial charge in [0.15, 0.2) is 0 Å². The monoisotopic (exact) mass is 405 g/mol. The number of nitrogens with zero attached hydrogens (tertiary/aromatic N) is 2. The molecule has 2 N–H and O–H groups in total. The second-order valence-electron chi connectivity index (χ2n) is 5.83. The van der Waals surface area contributed by atoms with Gasteiger partial charge in [-0.15, -0.1) is 0 Å². The summed E-state index contributed by atoms with van der Waals surface area (Å²) in [6, 6.07) is 20.1. The van der Waals surface area contributed by atoms with Crippen LogP contribution in [0, 0.1) is 0 Å². The third-order valence-electron chi connectivity index (χ3n) is 4.33. The smallest absolute Gasteiger partial charge is 0.220 e. The van der Waals surface area contributed by atoms with Gasteiger partial charge >= 0.3 is 0 Å². The van der Waals surface area contributed by atoms with Crippen molar-refractivity contribution in [2.45, 2.75) is 0 Å². The first-order chi connectivity index (χ1) is 12.7. The molecule has 1 heterocycles. The van der Waals surface area contributed by atoms with Crippen molar-refractivity contribution in [2.75, 3.05) is 12.8 Å². The van der Waals surface area contributed by atoms with Crippen molar-refractivity contribution < 1.29 is 4.74 Å². The maximum absolute atomic E-state index is 5.92. The molecule has 0 atom stereocenters. The molecule has 1 aromatic heterocycles. The molecule has 0 saturated heterocycles. The van der Waals surface area contributed by atoms with Crippen LogP contribution in [0.4, 0.5) is 5.95 Å². The van der Waals surface area contributed by atoms with Crippen LogP contribution in [0.2, 0.25) is 0 Å². The van der Waals surface area contributed by atoms with Crippen molar-refractivity contribution in [3.63, 3.8) is 0 Å². The number of ether oxygens (including phenoxy) is 1. The molecule has 0 aliphatic rings. The fourth-order valence-electron chi connectivity index (χ4n) is 3.13. The summed E-state index contributed by atoms with van der Waals surface area (Å²) in [5, 5.41) is 2.08. The number of nitrogen functional groups attached to an aromatic ring is 1. The zero-order valence-electron chi connectivity index (χ0n) is 14.1. The molecule has 0 spiro atoms. The van der Waals surface area contributed by atoms with Crippen LogP contribution in [-0.2, 0) is 0 Å². The number of benzene rings is 3. The summed E-state index contributed by atoms with van der Waals surface area (Å²) in [6.07, 6.45) is 1.77. The van der Waals surface area contributed by atoms with Crippen LogP contribution in [0.25, 0.3) is 33.2 Å². The molecule has 4 nitrogen and oxygen atoms in total. The molecule has 0 unspecified atom stereocenters. The number of anilines is 1. The van der Waals surface area contributed by atoms with E-state index in [2.05, 4.69) is 32.0 Å². The summed E-state index contributed by atoms with van der Waals surface area (Å²) in [7, 11) is 1.68. The number of halogens is 1. The third-order valence-corrected chi connectivity index (χ3v) is 5.02. The van der Waals surface area contributed by atoms with Crippen LogP contribution in [0.15, 0.2) is 71.3 Å². The van der Waals surface area contributed by atoms with Gasteiger partial charge in [-0.2, -0.15) is 0 Å². The van der Waals surface area contributed by atoms with E-state index in [-0.39, 0.29) is 5.95 Å². The fraction of sp³-hybridized carbons (Fsp3) is 0.0476. The third kappa shape index (κ3) is 2.80. The standard InChI is InChI=1S/C21H16BrN3O/c1-26-19-11-10-16(13-6-2-3-8-15(13)19)20-17(12-24-21(23)25-20)14-7-4-5-9-18(14)22/h2-12H,1H3,(H2,23,24,25). The topological polar surface area (TPSA) is 61.0 Å². The number of fused-ring (bicyclic) bond motifs is 1. The molecule has 0 aliphatic heterocycles. The minimum absolute atomic E-state index is 0.246. The molecule has 26 heavy (non-hydrogen) atoms. The van der Waals surface area contributed by atoms with Crippen molar-refractivity contribution >= 4 is 32.7 Å². The van der Waals surface area contributed by atoms with E-state index in [1.165, 1.54) is 0 Å². The largest absolute Gasteiger partial charge is 0.496 e. The zero-order valence-corrected chi connectivity index (χ0v) is 15.7. The van der Waals surface area contributed by atoms with E-state index in [4.69, 9.17) is 10.5 Å². The van der Waals surface area contributed by atoms with Gasteiger partial charge in [-0.1, -0.05) is 58.4 Å². The average Bonchev–Trinajstić information content (AvgIpc) is 2.68. The number of nitrogens with two attached hydrogens (primary N) is 1. The fourth-order valence-corrected chi connectivity index (χ4v) is 3.63. The van der Waals surface area contributed by atoms with Crippen LogP contribution in [0.3, 0.4) is 0 Å². The van der Waals surface area contributed by atoms with Crippen molar-refractivity contribution in [3.8, 4) is 28.1 Å². The number of hydrogen-bond acceptors (Lipinski definition) is 4. The lowest BCUT2D eigenvalue weighted by atomic mass is 9.96. The van der Waals surface area contributed by atoms with Gasteiger partial charge in [0.1, 0.15) is 5.75 Å². The summed E-state index contributed by atoms with van der Waals surface area (Å²) in [6.45, 7) is 0. The normalized spacial score (nSPS) is 10.8. The summed E-state index contributed by atoms with van der Waals surface area (Å²) in [5.74, 6) is 1.07. The minimum atomic E-state index is 0.246. The van der Waals surface area contributed by atoms with Gasteiger partial charge in [0, 0.05) is 27.2 Å². The SMILES string of the molecule is COc1ccc(-c2nc(N)ncc2-c2ccccc2Br)c2ccccc12. The molecule has 0 saturated carbocycles. The number of hydrogen-bond donors (Lipinski definition) is 1. The summed E-state index contributed by atoms with van der Waals surface area (Å²) in [5.41, 5.74) is 9.64. The Bertz CT molecular complexity index is 1110. The first kappa shape index (κ1) is 16.5. The van der Waals surface area contributed by atoms with Crippen LogP contribution in [0.1, 0.15) is 0 Å². The lowest BCUT2D eigenvalue weighted by molar-refractivity contribution is 0.420. The Morgan fingerprint density at radius 3 is 2.35 bits per heavy atom. The molecular formula is C21H16BrN3O. The maximum atomic E-state index is 5.92. The van der Waals surface area contributed by atoms with Gasteiger partial charge in [0.05, 0.1) is 12.8 Å². The Morgan fingerprint density at radius 2 is 1.58 bits per heavy atom. The first-order valence-electron chi connectivity index (χ1n) is 8.12. The van der Waals surface area contributed by atoms with E-state index >= 15 is 0 Å². The number of rotatable bonds is 3. The average molecular weight is 406 g/mol. The summed E-state index contributed by atoms with van der Waals surface area (Å²) < 4.78 is 6.49. The molecule has 4 rings (SSSR count). The lowest BCUT2D eigenvalue weighted by Gasteiger charge is -2.14. The highest BCUT2D eigenvalue weighted by Crippen LogP contribution is 2.39. The molecule has 0 fully saturated rings. The Balaban J connectivity index is 2.05. The second-order valence-corrected chi connectivity index (χ2v) is 6.69. The molecule has 0 aliphatic carbocycles. The first-order valence-corrected chi connectivity index (χ1v) is 8.92. The van der Waals surface area contributed by atoms with Crippen LogP contribution in [-0.4, -0.2) is 17.1 Å². The Morgan fingerprint density at radius 1 is 0.846 bits per heavy atom. The highest BCUT2D eigenvalue weighted by atomic mass is 79.9. The predicted octanol–water partition coefficient (Wildman–Crippen LogP) is 5.32. The lowest BCUT2D eigenvalue weighted by Crippen LogP contribution is -1.99. The molecule has 5 heteroatoms. The highest BCUT2D eigenvalue weighted by Gasteiger charge is 2.16. The zero-order chi connectivity index (χ0) is 18.1. The molecule has 3 aromatic carbocycles. The van der Waals surface area contributed by atoms with E-state index in [0.717, 1.165) is 43.4 Å². The van der Waals surface area contributed by atoms with Crippen LogP contribution >= 0.6 is 15.9 Å². The van der Waals surface area contributed by atoms with E-state index in [9.17, 15) is 0 Å². The van der Waals surface area contributed by atoms with E-state index in [1.54, 1.807) is 13.3 Å². The molecular weight excluding hydrogens is 390 g/mol. The molecule has 0 radical (unpaired) electrons. The second kappa shape index (κ2) is 6.77. The van der Waals surface area contributed by atoms with E-state index < -0.39 is 0 Å². The number of methoxy groups -OCH3 is 1. The molecule has 0 amide bonds. The van der Waals surface area contributed by atoms with Crippen molar-refractivity contribution in [1.82, 2.24) is 9.97 Å². The van der Waals surface area contributed by atoms with Crippen LogP contribution < -0.4 is 10.5 Å². The van der Waals surface area contributed by atoms with Gasteiger partial charge < -0.3 is 10.5 Å². The molecule has 0 bridgehead atoms. The Labute approximate surface area is 159 Å². The number of aromatic nitrogens is 2. The minimum Gasteiger partial charge on any atom is -0.496 e. The molecule has 128 valence electrons. The van der Waals surface area contributed by atoms with Crippen molar-refractivity contribution in [1.29, 1.82) is 0 Å². The summed E-state index contributed by atoms with van der Waals surface area (Å²) in [4.78, 5) is 8.79. The van der Waals surface area contributed by atoms with Crippen molar-refractivity contribution in [3.05, 3.63) is 71.3 Å². The van der Waals surface area contributed by atoms with Gasteiger partial charge in [-0.3, -0.25) is 0 Å². The van der Waals surface area contributed by atoms with Gasteiger partial charge in [-0.25, -0.2) is 9.97 Å². The van der Waals surface area contributed by atoms with Gasteiger partial charge in [0.25, 0.3) is 0 Å². The predicted molar refractivity (Wildman–Crippen MR) is 109 cm³/mol. The van der Waals surface area contributed by atoms with Gasteiger partial charge in [0.2, 0.25) is 5.95 Å². The molecule has 4 aromatic rings. The highest BCUT2D eigenvalue weighted by molar-refractivity contribution is 9.10. The Hall–Kier alpha value is -2.92.